The summed E-state index contributed by atoms with van der Waals surface area (Å²) in [6, 6.07) is 19.2. The number of ether oxygens (including phenoxy) is 2. The van der Waals surface area contributed by atoms with Crippen molar-refractivity contribution in [1.29, 1.82) is 0 Å². The number of hydrogen-bond acceptors (Lipinski definition) is 7. The van der Waals surface area contributed by atoms with Crippen LogP contribution in [0.1, 0.15) is 43.4 Å². The van der Waals surface area contributed by atoms with Crippen LogP contribution in [-0.2, 0) is 36.8 Å². The highest BCUT2D eigenvalue weighted by atomic mass is 16.6. The van der Waals surface area contributed by atoms with Gasteiger partial charge >= 0.3 is 17.9 Å². The molecular formula is C31H31N3O6. The minimum absolute atomic E-state index is 0.0578. The second-order valence-corrected chi connectivity index (χ2v) is 11.0. The Kier molecular flexibility index (Phi) is 6.93. The van der Waals surface area contributed by atoms with Gasteiger partial charge in [0.05, 0.1) is 11.0 Å². The van der Waals surface area contributed by atoms with Crippen molar-refractivity contribution in [2.24, 2.45) is 5.73 Å². The average molecular weight is 542 g/mol. The Morgan fingerprint density at radius 1 is 0.975 bits per heavy atom. The number of nitrogens with zero attached hydrogens (tertiary/aromatic N) is 2. The summed E-state index contributed by atoms with van der Waals surface area (Å²) >= 11 is 0. The van der Waals surface area contributed by atoms with Gasteiger partial charge < -0.3 is 24.9 Å². The van der Waals surface area contributed by atoms with Crippen LogP contribution >= 0.6 is 0 Å². The van der Waals surface area contributed by atoms with Crippen LogP contribution in [-0.4, -0.2) is 50.3 Å². The molecule has 9 nitrogen and oxygen atoms in total. The molecule has 2 heterocycles. The van der Waals surface area contributed by atoms with Crippen molar-refractivity contribution in [3.8, 4) is 11.1 Å². The fourth-order valence-corrected chi connectivity index (χ4v) is 5.23. The summed E-state index contributed by atoms with van der Waals surface area (Å²) in [6.45, 7) is 5.15. The molecule has 4 aromatic rings. The van der Waals surface area contributed by atoms with E-state index in [-0.39, 0.29) is 25.5 Å². The fraction of sp³-hybridized carbons (Fsp3) is 0.290. The van der Waals surface area contributed by atoms with Crippen molar-refractivity contribution in [3.05, 3.63) is 89.7 Å². The number of aliphatic carboxylic acids is 1. The van der Waals surface area contributed by atoms with E-state index in [0.717, 1.165) is 22.3 Å². The maximum Gasteiger partial charge on any atom is 0.338 e. The molecular weight excluding hydrogens is 510 g/mol. The van der Waals surface area contributed by atoms with Gasteiger partial charge in [-0.3, -0.25) is 9.78 Å². The van der Waals surface area contributed by atoms with E-state index in [9.17, 15) is 19.5 Å². The Labute approximate surface area is 231 Å². The highest BCUT2D eigenvalue weighted by molar-refractivity contribution is 6.04. The number of hydrogen-bond donors (Lipinski definition) is 2. The Hall–Kier alpha value is -4.50. The van der Waals surface area contributed by atoms with Gasteiger partial charge in [0.2, 0.25) is 5.54 Å². The lowest BCUT2D eigenvalue weighted by molar-refractivity contribution is -0.161. The van der Waals surface area contributed by atoms with Gasteiger partial charge in [-0.2, -0.15) is 0 Å². The minimum Gasteiger partial charge on any atom is -0.479 e. The summed E-state index contributed by atoms with van der Waals surface area (Å²) in [5.41, 5.74) is 8.78. The molecule has 0 fully saturated rings. The molecule has 5 rings (SSSR count). The first-order chi connectivity index (χ1) is 19.0. The number of nitrogens with two attached hydrogens (primary N) is 1. The van der Waals surface area contributed by atoms with Crippen LogP contribution in [0, 0.1) is 0 Å². The van der Waals surface area contributed by atoms with Crippen molar-refractivity contribution in [1.82, 2.24) is 9.55 Å². The molecule has 206 valence electrons. The number of esters is 2. The number of aromatic nitrogens is 2. The SMILES string of the molecule is CC(C)(C)OC(=O)Cn1cc(C[C@](N)(C(=O)O)C(=O)OCC2c3ccccc3-c3ccccc32)c2ncccc21. The van der Waals surface area contributed by atoms with Crippen molar-refractivity contribution in [2.45, 2.75) is 50.8 Å². The lowest BCUT2D eigenvalue weighted by atomic mass is 9.92. The van der Waals surface area contributed by atoms with E-state index in [1.54, 1.807) is 49.9 Å². The van der Waals surface area contributed by atoms with Crippen LogP contribution in [0.3, 0.4) is 0 Å². The van der Waals surface area contributed by atoms with Gasteiger partial charge in [-0.1, -0.05) is 48.5 Å². The van der Waals surface area contributed by atoms with Crippen molar-refractivity contribution in [3.63, 3.8) is 0 Å². The Bertz CT molecular complexity index is 1570. The number of carbonyl (C=O) groups is 3. The number of rotatable bonds is 8. The monoisotopic (exact) mass is 541 g/mol. The molecule has 0 spiro atoms. The highest BCUT2D eigenvalue weighted by Crippen LogP contribution is 2.44. The van der Waals surface area contributed by atoms with Gasteiger partial charge in [0.25, 0.3) is 0 Å². The third-order valence-electron chi connectivity index (χ3n) is 6.99. The van der Waals surface area contributed by atoms with E-state index in [4.69, 9.17) is 15.2 Å². The van der Waals surface area contributed by atoms with Crippen LogP contribution < -0.4 is 5.73 Å². The number of benzene rings is 2. The first kappa shape index (κ1) is 27.1. The number of carbonyl (C=O) groups excluding carboxylic acids is 2. The van der Waals surface area contributed by atoms with E-state index < -0.39 is 29.0 Å². The standard InChI is InChI=1S/C31H31N3O6/c1-30(2,3)40-26(35)17-34-16-19(27-25(34)13-8-14-33-27)15-31(32,28(36)37)29(38)39-18-24-22-11-6-4-9-20(22)21-10-5-7-12-23(21)24/h4-14,16,24H,15,17-18,32H2,1-3H3,(H,36,37)/t31-/m0/s1. The lowest BCUT2D eigenvalue weighted by Crippen LogP contribution is -2.57. The van der Waals surface area contributed by atoms with Crippen molar-refractivity contribution in [2.75, 3.05) is 6.61 Å². The van der Waals surface area contributed by atoms with Gasteiger partial charge in [0, 0.05) is 24.7 Å². The molecule has 0 aliphatic heterocycles. The molecule has 40 heavy (non-hydrogen) atoms. The average Bonchev–Trinajstić information content (AvgIpc) is 3.41. The van der Waals surface area contributed by atoms with E-state index in [1.807, 2.05) is 48.5 Å². The maximum atomic E-state index is 13.3. The number of fused-ring (bicyclic) bond motifs is 4. The second-order valence-electron chi connectivity index (χ2n) is 11.0. The van der Waals surface area contributed by atoms with E-state index >= 15 is 0 Å². The summed E-state index contributed by atoms with van der Waals surface area (Å²) in [6.07, 6.45) is 2.76. The lowest BCUT2D eigenvalue weighted by Gasteiger charge is -2.24. The number of carboxylic acid groups (broad SMARTS) is 1. The third kappa shape index (κ3) is 5.08. The summed E-state index contributed by atoms with van der Waals surface area (Å²) in [7, 11) is 0. The second kappa shape index (κ2) is 10.2. The van der Waals surface area contributed by atoms with Crippen molar-refractivity contribution < 1.29 is 29.0 Å². The number of pyridine rings is 1. The Morgan fingerprint density at radius 2 is 1.60 bits per heavy atom. The fourth-order valence-electron chi connectivity index (χ4n) is 5.23. The maximum absolute atomic E-state index is 13.3. The molecule has 0 unspecified atom stereocenters. The zero-order chi connectivity index (χ0) is 28.7. The van der Waals surface area contributed by atoms with Gasteiger partial charge in [-0.25, -0.2) is 9.59 Å². The quantitative estimate of drug-likeness (QED) is 0.252. The van der Waals surface area contributed by atoms with Crippen LogP contribution in [0.2, 0.25) is 0 Å². The summed E-state index contributed by atoms with van der Waals surface area (Å²) in [4.78, 5) is 42.6. The van der Waals surface area contributed by atoms with E-state index in [2.05, 4.69) is 4.98 Å². The molecule has 0 saturated heterocycles. The van der Waals surface area contributed by atoms with Crippen LogP contribution in [0.15, 0.2) is 73.1 Å². The molecule has 0 radical (unpaired) electrons. The smallest absolute Gasteiger partial charge is 0.338 e. The molecule has 1 aliphatic rings. The first-order valence-corrected chi connectivity index (χ1v) is 13.0. The summed E-state index contributed by atoms with van der Waals surface area (Å²) < 4.78 is 12.7. The zero-order valence-electron chi connectivity index (χ0n) is 22.6. The van der Waals surface area contributed by atoms with Gasteiger partial charge in [0.1, 0.15) is 18.8 Å². The molecule has 0 amide bonds. The number of carboxylic acids is 1. The van der Waals surface area contributed by atoms with Gasteiger partial charge in [-0.15, -0.1) is 0 Å². The molecule has 3 N–H and O–H groups in total. The predicted molar refractivity (Wildman–Crippen MR) is 149 cm³/mol. The van der Waals surface area contributed by atoms with Gasteiger partial charge in [0.15, 0.2) is 0 Å². The van der Waals surface area contributed by atoms with Crippen LogP contribution in [0.25, 0.3) is 22.2 Å². The molecule has 0 bridgehead atoms. The van der Waals surface area contributed by atoms with E-state index in [1.165, 1.54) is 0 Å². The predicted octanol–water partition coefficient (Wildman–Crippen LogP) is 4.06. The molecule has 1 atom stereocenters. The molecule has 2 aromatic carbocycles. The van der Waals surface area contributed by atoms with E-state index in [0.29, 0.717) is 16.6 Å². The third-order valence-corrected chi connectivity index (χ3v) is 6.99. The largest absolute Gasteiger partial charge is 0.479 e. The first-order valence-electron chi connectivity index (χ1n) is 13.0. The summed E-state index contributed by atoms with van der Waals surface area (Å²) in [5, 5.41) is 10.1. The molecule has 0 saturated carbocycles. The zero-order valence-corrected chi connectivity index (χ0v) is 22.6. The van der Waals surface area contributed by atoms with Crippen molar-refractivity contribution >= 4 is 28.9 Å². The summed E-state index contributed by atoms with van der Waals surface area (Å²) in [5.74, 6) is -3.28. The van der Waals surface area contributed by atoms with Crippen LogP contribution in [0.5, 0.6) is 0 Å². The minimum atomic E-state index is -2.37. The molecule has 1 aliphatic carbocycles. The normalized spacial score (nSPS) is 14.3. The Balaban J connectivity index is 1.39. The van der Waals surface area contributed by atoms with Crippen LogP contribution in [0.4, 0.5) is 0 Å². The van der Waals surface area contributed by atoms with Gasteiger partial charge in [-0.05, 0) is 60.7 Å². The highest BCUT2D eigenvalue weighted by Gasteiger charge is 2.45. The molecule has 2 aromatic heterocycles. The molecule has 9 heteroatoms. The topological polar surface area (TPSA) is 134 Å². The Morgan fingerprint density at radius 3 is 2.20 bits per heavy atom.